The molecule has 0 saturated heterocycles. The zero-order valence-electron chi connectivity index (χ0n) is 11.1. The molecule has 0 amide bonds. The standard InChI is InChI=1S/C16H10O6/c17-11-6-14(8-2-1-3-9(4-8)16(20)21)22-15-7-13(19)12(18)5-10(11)15/h1-7,18-19H,(H,20,21). The van der Waals surface area contributed by atoms with Gasteiger partial charge in [-0.3, -0.25) is 4.79 Å². The topological polar surface area (TPSA) is 108 Å². The molecule has 22 heavy (non-hydrogen) atoms. The van der Waals surface area contributed by atoms with E-state index in [0.29, 0.717) is 5.56 Å². The van der Waals surface area contributed by atoms with Crippen LogP contribution in [0, 0.1) is 0 Å². The Labute approximate surface area is 123 Å². The summed E-state index contributed by atoms with van der Waals surface area (Å²) < 4.78 is 5.54. The summed E-state index contributed by atoms with van der Waals surface area (Å²) in [5.74, 6) is -1.74. The number of carboxylic acid groups (broad SMARTS) is 1. The molecule has 6 heteroatoms. The molecular formula is C16H10O6. The van der Waals surface area contributed by atoms with Crippen molar-refractivity contribution in [3.05, 3.63) is 58.3 Å². The number of carbonyl (C=O) groups is 1. The Morgan fingerprint density at radius 1 is 1.00 bits per heavy atom. The third kappa shape index (κ3) is 2.26. The van der Waals surface area contributed by atoms with Crippen LogP contribution in [0.5, 0.6) is 11.5 Å². The van der Waals surface area contributed by atoms with Crippen LogP contribution in [0.1, 0.15) is 10.4 Å². The zero-order valence-corrected chi connectivity index (χ0v) is 11.1. The minimum absolute atomic E-state index is 0.0637. The van der Waals surface area contributed by atoms with Gasteiger partial charge in [0.25, 0.3) is 0 Å². The van der Waals surface area contributed by atoms with Crippen LogP contribution < -0.4 is 5.43 Å². The van der Waals surface area contributed by atoms with Gasteiger partial charge in [-0.15, -0.1) is 0 Å². The van der Waals surface area contributed by atoms with Crippen molar-refractivity contribution in [2.45, 2.75) is 0 Å². The summed E-state index contributed by atoms with van der Waals surface area (Å²) >= 11 is 0. The van der Waals surface area contributed by atoms with Gasteiger partial charge in [-0.25, -0.2) is 4.79 Å². The van der Waals surface area contributed by atoms with Crippen LogP contribution in [0.3, 0.4) is 0 Å². The molecule has 0 aliphatic carbocycles. The third-order valence-corrected chi connectivity index (χ3v) is 3.22. The van der Waals surface area contributed by atoms with Gasteiger partial charge in [-0.2, -0.15) is 0 Å². The molecule has 0 spiro atoms. The minimum Gasteiger partial charge on any atom is -0.504 e. The average molecular weight is 298 g/mol. The number of aromatic hydroxyl groups is 2. The van der Waals surface area contributed by atoms with E-state index in [1.165, 1.54) is 24.3 Å². The molecule has 0 atom stereocenters. The van der Waals surface area contributed by atoms with E-state index >= 15 is 0 Å². The smallest absolute Gasteiger partial charge is 0.335 e. The summed E-state index contributed by atoms with van der Waals surface area (Å²) in [6, 6.07) is 9.42. The van der Waals surface area contributed by atoms with Crippen molar-refractivity contribution in [1.29, 1.82) is 0 Å². The Balaban J connectivity index is 2.24. The second kappa shape index (κ2) is 4.92. The van der Waals surface area contributed by atoms with Crippen LogP contribution in [0.2, 0.25) is 0 Å². The van der Waals surface area contributed by atoms with E-state index in [1.807, 2.05) is 0 Å². The van der Waals surface area contributed by atoms with Crippen molar-refractivity contribution < 1.29 is 24.5 Å². The number of phenols is 2. The summed E-state index contributed by atoms with van der Waals surface area (Å²) in [5.41, 5.74) is 0.172. The number of rotatable bonds is 2. The molecule has 3 aromatic rings. The Hall–Kier alpha value is -3.28. The fraction of sp³-hybridized carbons (Fsp3) is 0. The molecule has 0 aliphatic heterocycles. The number of hydrogen-bond donors (Lipinski definition) is 3. The zero-order chi connectivity index (χ0) is 15.9. The van der Waals surface area contributed by atoms with Crippen molar-refractivity contribution in [3.63, 3.8) is 0 Å². The first-order valence-electron chi connectivity index (χ1n) is 6.29. The number of phenolic OH excluding ortho intramolecular Hbond substituents is 2. The predicted molar refractivity (Wildman–Crippen MR) is 78.2 cm³/mol. The van der Waals surface area contributed by atoms with E-state index in [9.17, 15) is 19.8 Å². The molecule has 0 unspecified atom stereocenters. The molecule has 6 nitrogen and oxygen atoms in total. The number of hydrogen-bond acceptors (Lipinski definition) is 5. The summed E-state index contributed by atoms with van der Waals surface area (Å²) in [5, 5.41) is 28.0. The molecule has 0 bridgehead atoms. The van der Waals surface area contributed by atoms with Gasteiger partial charge in [0.05, 0.1) is 10.9 Å². The fourth-order valence-electron chi connectivity index (χ4n) is 2.13. The second-order valence-corrected chi connectivity index (χ2v) is 4.70. The van der Waals surface area contributed by atoms with Gasteiger partial charge in [0.1, 0.15) is 11.3 Å². The molecule has 1 heterocycles. The molecule has 0 radical (unpaired) electrons. The highest BCUT2D eigenvalue weighted by Crippen LogP contribution is 2.31. The number of fused-ring (bicyclic) bond motifs is 1. The van der Waals surface area contributed by atoms with Crippen LogP contribution in [0.15, 0.2) is 51.7 Å². The van der Waals surface area contributed by atoms with E-state index in [0.717, 1.165) is 12.1 Å². The van der Waals surface area contributed by atoms with Gasteiger partial charge < -0.3 is 19.7 Å². The van der Waals surface area contributed by atoms with E-state index in [2.05, 4.69) is 0 Å². The lowest BCUT2D eigenvalue weighted by Crippen LogP contribution is -2.01. The molecule has 0 fully saturated rings. The largest absolute Gasteiger partial charge is 0.504 e. The lowest BCUT2D eigenvalue weighted by Gasteiger charge is -2.05. The number of carboxylic acids is 1. The first-order valence-corrected chi connectivity index (χ1v) is 6.29. The maximum Gasteiger partial charge on any atom is 0.335 e. The van der Waals surface area contributed by atoms with Crippen LogP contribution in [-0.2, 0) is 0 Å². The van der Waals surface area contributed by atoms with E-state index in [4.69, 9.17) is 9.52 Å². The molecule has 1 aromatic heterocycles. The second-order valence-electron chi connectivity index (χ2n) is 4.70. The summed E-state index contributed by atoms with van der Waals surface area (Å²) in [4.78, 5) is 23.1. The maximum absolute atomic E-state index is 12.1. The maximum atomic E-state index is 12.1. The Bertz CT molecular complexity index is 954. The van der Waals surface area contributed by atoms with Gasteiger partial charge in [-0.05, 0) is 18.2 Å². The highest BCUT2D eigenvalue weighted by Gasteiger charge is 2.12. The van der Waals surface area contributed by atoms with Gasteiger partial charge in [-0.1, -0.05) is 12.1 Å². The fourth-order valence-corrected chi connectivity index (χ4v) is 2.13. The predicted octanol–water partition coefficient (Wildman–Crippen LogP) is 2.57. The third-order valence-electron chi connectivity index (χ3n) is 3.22. The molecule has 2 aromatic carbocycles. The molecule has 0 saturated carbocycles. The van der Waals surface area contributed by atoms with Crippen LogP contribution in [-0.4, -0.2) is 21.3 Å². The normalized spacial score (nSPS) is 10.7. The summed E-state index contributed by atoms with van der Waals surface area (Å²) in [6.07, 6.45) is 0. The number of benzene rings is 2. The van der Waals surface area contributed by atoms with Crippen molar-refractivity contribution in [1.82, 2.24) is 0 Å². The molecule has 3 N–H and O–H groups in total. The molecular weight excluding hydrogens is 288 g/mol. The van der Waals surface area contributed by atoms with Crippen LogP contribution in [0.25, 0.3) is 22.3 Å². The van der Waals surface area contributed by atoms with Crippen molar-refractivity contribution in [3.8, 4) is 22.8 Å². The Morgan fingerprint density at radius 2 is 1.73 bits per heavy atom. The molecule has 0 aliphatic rings. The first-order chi connectivity index (χ1) is 10.5. The average Bonchev–Trinajstić information content (AvgIpc) is 2.49. The summed E-state index contributed by atoms with van der Waals surface area (Å²) in [6.45, 7) is 0. The van der Waals surface area contributed by atoms with Crippen molar-refractivity contribution in [2.24, 2.45) is 0 Å². The molecule has 110 valence electrons. The summed E-state index contributed by atoms with van der Waals surface area (Å²) in [7, 11) is 0. The first kappa shape index (κ1) is 13.7. The van der Waals surface area contributed by atoms with E-state index in [1.54, 1.807) is 6.07 Å². The van der Waals surface area contributed by atoms with Gasteiger partial charge >= 0.3 is 5.97 Å². The Kier molecular flexibility index (Phi) is 3.06. The van der Waals surface area contributed by atoms with E-state index < -0.39 is 22.9 Å². The van der Waals surface area contributed by atoms with Gasteiger partial charge in [0.15, 0.2) is 16.9 Å². The lowest BCUT2D eigenvalue weighted by molar-refractivity contribution is 0.0697. The van der Waals surface area contributed by atoms with Crippen LogP contribution in [0.4, 0.5) is 0 Å². The van der Waals surface area contributed by atoms with E-state index in [-0.39, 0.29) is 22.3 Å². The van der Waals surface area contributed by atoms with Crippen LogP contribution >= 0.6 is 0 Å². The SMILES string of the molecule is O=C(O)c1cccc(-c2cc(=O)c3cc(O)c(O)cc3o2)c1. The van der Waals surface area contributed by atoms with Crippen molar-refractivity contribution >= 4 is 16.9 Å². The highest BCUT2D eigenvalue weighted by atomic mass is 16.4. The lowest BCUT2D eigenvalue weighted by atomic mass is 10.1. The Morgan fingerprint density at radius 3 is 2.45 bits per heavy atom. The minimum atomic E-state index is -1.09. The van der Waals surface area contributed by atoms with Gasteiger partial charge in [0, 0.05) is 17.7 Å². The monoisotopic (exact) mass is 298 g/mol. The highest BCUT2D eigenvalue weighted by molar-refractivity contribution is 5.89. The van der Waals surface area contributed by atoms with Crippen molar-refractivity contribution in [2.75, 3.05) is 0 Å². The van der Waals surface area contributed by atoms with Gasteiger partial charge in [0.2, 0.25) is 0 Å². The number of aromatic carboxylic acids is 1. The quantitative estimate of drug-likeness (QED) is 0.627. The molecule has 3 rings (SSSR count).